The van der Waals surface area contributed by atoms with E-state index in [-0.39, 0.29) is 0 Å². The molecule has 0 radical (unpaired) electrons. The van der Waals surface area contributed by atoms with Crippen molar-refractivity contribution in [3.8, 4) is 0 Å². The summed E-state index contributed by atoms with van der Waals surface area (Å²) < 4.78 is 0. The highest BCUT2D eigenvalue weighted by atomic mass is 14.6. The maximum atomic E-state index is 4.15. The quantitative estimate of drug-likeness (QED) is 0.407. The molecule has 2 aliphatic rings. The van der Waals surface area contributed by atoms with Gasteiger partial charge in [0.25, 0.3) is 0 Å². The third-order valence-electron chi connectivity index (χ3n) is 5.67. The maximum Gasteiger partial charge on any atom is 0.0718 e. The van der Waals surface area contributed by atoms with Crippen LogP contribution in [0.5, 0.6) is 0 Å². The van der Waals surface area contributed by atoms with Crippen LogP contribution in [0, 0.1) is 5.41 Å². The van der Waals surface area contributed by atoms with Crippen molar-refractivity contribution >= 4 is 0 Å². The van der Waals surface area contributed by atoms with Crippen LogP contribution in [0.3, 0.4) is 0 Å². The lowest BCUT2D eigenvalue weighted by Crippen LogP contribution is -2.24. The SMILES string of the molecule is C=C/C=C\C1=C(C)C(=C/C)/C(=C\C=C)C12C(/C=C\C)=C(C=C)C(=C/C=C)/C2=C\C. The first kappa shape index (κ1) is 22.2. The van der Waals surface area contributed by atoms with E-state index in [1.54, 1.807) is 0 Å². The second-order valence-electron chi connectivity index (χ2n) is 6.95. The van der Waals surface area contributed by atoms with Crippen molar-refractivity contribution in [2.75, 3.05) is 0 Å². The van der Waals surface area contributed by atoms with Crippen molar-refractivity contribution in [1.29, 1.82) is 0 Å². The molecule has 0 saturated carbocycles. The van der Waals surface area contributed by atoms with Crippen LogP contribution in [0.25, 0.3) is 0 Å². The fourth-order valence-electron chi connectivity index (χ4n) is 4.78. The van der Waals surface area contributed by atoms with Crippen molar-refractivity contribution in [2.24, 2.45) is 5.41 Å². The first-order valence-electron chi connectivity index (χ1n) is 10.1. The largest absolute Gasteiger partial charge is 0.0991 e. The molecular formula is C29H32. The summed E-state index contributed by atoms with van der Waals surface area (Å²) in [5, 5.41) is 0. The number of allylic oxidation sites excluding steroid dienone is 20. The van der Waals surface area contributed by atoms with Gasteiger partial charge in [-0.3, -0.25) is 0 Å². The summed E-state index contributed by atoms with van der Waals surface area (Å²) in [6.45, 7) is 24.5. The van der Waals surface area contributed by atoms with Gasteiger partial charge in [0.1, 0.15) is 0 Å². The molecule has 0 amide bonds. The van der Waals surface area contributed by atoms with Crippen molar-refractivity contribution < 1.29 is 0 Å². The molecule has 1 spiro atoms. The fraction of sp³-hybridized carbons (Fsp3) is 0.172. The van der Waals surface area contributed by atoms with Crippen LogP contribution in [-0.4, -0.2) is 0 Å². The average Bonchev–Trinajstić information content (AvgIpc) is 3.10. The highest BCUT2D eigenvalue weighted by molar-refractivity contribution is 5.83. The molecule has 0 bridgehead atoms. The van der Waals surface area contributed by atoms with E-state index in [1.807, 2.05) is 30.4 Å². The zero-order chi connectivity index (χ0) is 21.6. The van der Waals surface area contributed by atoms with E-state index in [1.165, 1.54) is 33.4 Å². The molecule has 1 atom stereocenters. The van der Waals surface area contributed by atoms with Crippen LogP contribution in [0.15, 0.2) is 144 Å². The average molecular weight is 381 g/mol. The van der Waals surface area contributed by atoms with Crippen molar-refractivity contribution in [1.82, 2.24) is 0 Å². The van der Waals surface area contributed by atoms with Gasteiger partial charge in [-0.05, 0) is 72.3 Å². The Bertz CT molecular complexity index is 987. The normalized spacial score (nSPS) is 27.7. The van der Waals surface area contributed by atoms with E-state index >= 15 is 0 Å². The number of rotatable bonds is 6. The van der Waals surface area contributed by atoms with Crippen LogP contribution in [0.4, 0.5) is 0 Å². The zero-order valence-electron chi connectivity index (χ0n) is 18.3. The predicted octanol–water partition coefficient (Wildman–Crippen LogP) is 8.23. The Morgan fingerprint density at radius 2 is 1.41 bits per heavy atom. The lowest BCUT2D eigenvalue weighted by atomic mass is 9.67. The van der Waals surface area contributed by atoms with Gasteiger partial charge in [-0.25, -0.2) is 0 Å². The number of hydrogen-bond donors (Lipinski definition) is 0. The van der Waals surface area contributed by atoms with Gasteiger partial charge in [-0.1, -0.05) is 99.2 Å². The minimum absolute atomic E-state index is 0.417. The third-order valence-corrected chi connectivity index (χ3v) is 5.67. The van der Waals surface area contributed by atoms with E-state index in [9.17, 15) is 0 Å². The molecule has 0 heteroatoms. The van der Waals surface area contributed by atoms with Gasteiger partial charge < -0.3 is 0 Å². The Balaban J connectivity index is 3.21. The molecule has 0 fully saturated rings. The zero-order valence-corrected chi connectivity index (χ0v) is 18.3. The molecule has 0 aromatic carbocycles. The van der Waals surface area contributed by atoms with Crippen molar-refractivity contribution in [3.63, 3.8) is 0 Å². The van der Waals surface area contributed by atoms with Gasteiger partial charge in [0.2, 0.25) is 0 Å². The Hall–Kier alpha value is -3.12. The molecule has 148 valence electrons. The molecule has 0 nitrogen and oxygen atoms in total. The topological polar surface area (TPSA) is 0 Å². The Morgan fingerprint density at radius 3 is 1.90 bits per heavy atom. The molecule has 0 aromatic rings. The van der Waals surface area contributed by atoms with E-state index in [0.29, 0.717) is 0 Å². The first-order valence-corrected chi connectivity index (χ1v) is 10.1. The third kappa shape index (κ3) is 3.19. The molecule has 2 rings (SSSR count). The van der Waals surface area contributed by atoms with Gasteiger partial charge in [0, 0.05) is 0 Å². The Kier molecular flexibility index (Phi) is 7.18. The van der Waals surface area contributed by atoms with Crippen molar-refractivity contribution in [3.05, 3.63) is 144 Å². The molecule has 0 aliphatic heterocycles. The lowest BCUT2D eigenvalue weighted by molar-refractivity contribution is 0.696. The van der Waals surface area contributed by atoms with Crippen LogP contribution in [0.2, 0.25) is 0 Å². The Morgan fingerprint density at radius 1 is 0.724 bits per heavy atom. The summed E-state index contributed by atoms with van der Waals surface area (Å²) in [6.07, 6.45) is 24.7. The van der Waals surface area contributed by atoms with E-state index in [4.69, 9.17) is 0 Å². The second-order valence-corrected chi connectivity index (χ2v) is 6.95. The lowest BCUT2D eigenvalue weighted by Gasteiger charge is -2.33. The highest BCUT2D eigenvalue weighted by Gasteiger charge is 2.54. The van der Waals surface area contributed by atoms with Crippen LogP contribution < -0.4 is 0 Å². The van der Waals surface area contributed by atoms with Gasteiger partial charge in [-0.2, -0.15) is 0 Å². The molecule has 0 N–H and O–H groups in total. The van der Waals surface area contributed by atoms with E-state index in [2.05, 4.69) is 96.5 Å². The van der Waals surface area contributed by atoms with Crippen molar-refractivity contribution in [2.45, 2.75) is 27.7 Å². The fourth-order valence-corrected chi connectivity index (χ4v) is 4.78. The molecule has 2 aliphatic carbocycles. The van der Waals surface area contributed by atoms with E-state index < -0.39 is 5.41 Å². The van der Waals surface area contributed by atoms with E-state index in [0.717, 1.165) is 11.1 Å². The van der Waals surface area contributed by atoms with Gasteiger partial charge in [0.15, 0.2) is 0 Å². The predicted molar refractivity (Wildman–Crippen MR) is 131 cm³/mol. The second kappa shape index (κ2) is 9.39. The van der Waals surface area contributed by atoms with Gasteiger partial charge in [0.05, 0.1) is 5.41 Å². The summed E-state index contributed by atoms with van der Waals surface area (Å²) in [5.74, 6) is 0. The maximum absolute atomic E-state index is 4.15. The summed E-state index contributed by atoms with van der Waals surface area (Å²) in [5.41, 5.74) is 9.37. The molecular weight excluding hydrogens is 348 g/mol. The number of hydrogen-bond acceptors (Lipinski definition) is 0. The molecule has 1 unspecified atom stereocenters. The minimum atomic E-state index is -0.417. The minimum Gasteiger partial charge on any atom is -0.0991 e. The molecule has 29 heavy (non-hydrogen) atoms. The molecule has 0 saturated heterocycles. The highest BCUT2D eigenvalue weighted by Crippen LogP contribution is 2.66. The van der Waals surface area contributed by atoms with Crippen LogP contribution >= 0.6 is 0 Å². The summed E-state index contributed by atoms with van der Waals surface area (Å²) in [7, 11) is 0. The summed E-state index contributed by atoms with van der Waals surface area (Å²) in [6, 6.07) is 0. The van der Waals surface area contributed by atoms with Gasteiger partial charge in [-0.15, -0.1) is 0 Å². The standard InChI is InChI=1S/C29H32/c1-9-16-20-26-21(8)22(13-5)27(18-11-3)29(26)25(15-7)24(17-10-2)23(14-6)28(29)19-12-4/h9-20H,1-3,6H2,4-5,7-8H3/b19-12-,20-16-,22-13-,24-17-,25-15+,27-18+. The summed E-state index contributed by atoms with van der Waals surface area (Å²) >= 11 is 0. The molecule has 0 heterocycles. The molecule has 0 aromatic heterocycles. The smallest absolute Gasteiger partial charge is 0.0718 e. The van der Waals surface area contributed by atoms with Crippen LogP contribution in [-0.2, 0) is 0 Å². The first-order chi connectivity index (χ1) is 14.0. The van der Waals surface area contributed by atoms with Gasteiger partial charge >= 0.3 is 0 Å². The Labute approximate surface area is 177 Å². The monoisotopic (exact) mass is 380 g/mol. The van der Waals surface area contributed by atoms with Crippen LogP contribution in [0.1, 0.15) is 27.7 Å². The summed E-state index contributed by atoms with van der Waals surface area (Å²) in [4.78, 5) is 0.